The SMILES string of the molecule is COc1ccc(COc2ccc(C(=O)N3CCc4cccnc4C3)c(Cl)c2OCc2ccc(OC)cc2)cc1. The molecule has 0 radical (unpaired) electrons. The lowest BCUT2D eigenvalue weighted by molar-refractivity contribution is 0.0731. The summed E-state index contributed by atoms with van der Waals surface area (Å²) in [5.41, 5.74) is 4.30. The van der Waals surface area contributed by atoms with Crippen LogP contribution in [-0.2, 0) is 26.2 Å². The number of benzene rings is 3. The minimum Gasteiger partial charge on any atom is -0.497 e. The highest BCUT2D eigenvalue weighted by molar-refractivity contribution is 6.35. The average Bonchev–Trinajstić information content (AvgIpc) is 2.99. The standard InChI is InChI=1S/C31H29ClN2O5/c1-36-24-9-5-21(6-10-24)19-38-28-14-13-26(31(35)34-17-15-23-4-3-16-33-27(23)18-34)29(32)30(28)39-20-22-7-11-25(37-2)12-8-22/h3-14,16H,15,17-20H2,1-2H3. The van der Waals surface area contributed by atoms with Crippen molar-refractivity contribution in [2.45, 2.75) is 26.2 Å². The van der Waals surface area contributed by atoms with Gasteiger partial charge in [0.2, 0.25) is 0 Å². The van der Waals surface area contributed by atoms with E-state index in [4.69, 9.17) is 30.5 Å². The molecular weight excluding hydrogens is 516 g/mol. The zero-order chi connectivity index (χ0) is 27.2. The molecule has 4 aromatic rings. The van der Waals surface area contributed by atoms with Crippen LogP contribution in [0.25, 0.3) is 0 Å². The summed E-state index contributed by atoms with van der Waals surface area (Å²) in [7, 11) is 3.25. The van der Waals surface area contributed by atoms with Gasteiger partial charge < -0.3 is 23.8 Å². The molecule has 200 valence electrons. The molecule has 7 nitrogen and oxygen atoms in total. The van der Waals surface area contributed by atoms with Crippen LogP contribution in [0.1, 0.15) is 32.7 Å². The first-order valence-electron chi connectivity index (χ1n) is 12.6. The van der Waals surface area contributed by atoms with Gasteiger partial charge in [-0.25, -0.2) is 0 Å². The van der Waals surface area contributed by atoms with Crippen LogP contribution in [0, 0.1) is 0 Å². The molecule has 0 atom stereocenters. The van der Waals surface area contributed by atoms with Gasteiger partial charge in [0.15, 0.2) is 11.5 Å². The zero-order valence-electron chi connectivity index (χ0n) is 21.9. The molecule has 1 aromatic heterocycles. The first-order valence-corrected chi connectivity index (χ1v) is 13.0. The number of carbonyl (C=O) groups excluding carboxylic acids is 1. The van der Waals surface area contributed by atoms with Crippen LogP contribution in [-0.4, -0.2) is 36.6 Å². The summed E-state index contributed by atoms with van der Waals surface area (Å²) >= 11 is 6.86. The van der Waals surface area contributed by atoms with Crippen LogP contribution >= 0.6 is 11.6 Å². The number of carbonyl (C=O) groups is 1. The van der Waals surface area contributed by atoms with E-state index in [1.807, 2.05) is 54.6 Å². The van der Waals surface area contributed by atoms with Gasteiger partial charge in [-0.3, -0.25) is 9.78 Å². The molecule has 0 saturated heterocycles. The normalized spacial score (nSPS) is 12.4. The number of methoxy groups -OCH3 is 2. The summed E-state index contributed by atoms with van der Waals surface area (Å²) in [5, 5.41) is 0.215. The van der Waals surface area contributed by atoms with Crippen molar-refractivity contribution in [1.82, 2.24) is 9.88 Å². The molecule has 0 fully saturated rings. The average molecular weight is 545 g/mol. The summed E-state index contributed by atoms with van der Waals surface area (Å²) in [5.74, 6) is 2.12. The van der Waals surface area contributed by atoms with E-state index in [2.05, 4.69) is 11.1 Å². The molecule has 0 saturated carbocycles. The van der Waals surface area contributed by atoms with Crippen molar-refractivity contribution in [2.75, 3.05) is 20.8 Å². The lowest BCUT2D eigenvalue weighted by atomic mass is 10.0. The van der Waals surface area contributed by atoms with Crippen molar-refractivity contribution in [1.29, 1.82) is 0 Å². The predicted molar refractivity (Wildman–Crippen MR) is 149 cm³/mol. The molecule has 0 N–H and O–H groups in total. The van der Waals surface area contributed by atoms with E-state index in [1.165, 1.54) is 5.56 Å². The van der Waals surface area contributed by atoms with Crippen LogP contribution in [0.2, 0.25) is 5.02 Å². The van der Waals surface area contributed by atoms with Crippen molar-refractivity contribution in [3.63, 3.8) is 0 Å². The number of pyridine rings is 1. The second-order valence-corrected chi connectivity index (χ2v) is 9.49. The number of ether oxygens (including phenoxy) is 4. The maximum absolute atomic E-state index is 13.6. The fourth-order valence-corrected chi connectivity index (χ4v) is 4.70. The van der Waals surface area contributed by atoms with E-state index in [1.54, 1.807) is 37.4 Å². The van der Waals surface area contributed by atoms with Gasteiger partial charge >= 0.3 is 0 Å². The molecule has 1 aliphatic heterocycles. The molecule has 0 spiro atoms. The van der Waals surface area contributed by atoms with E-state index in [9.17, 15) is 4.79 Å². The third kappa shape index (κ3) is 6.10. The van der Waals surface area contributed by atoms with Crippen LogP contribution in [0.3, 0.4) is 0 Å². The summed E-state index contributed by atoms with van der Waals surface area (Å²) in [6.45, 7) is 1.55. The van der Waals surface area contributed by atoms with Gasteiger partial charge in [-0.05, 0) is 65.6 Å². The summed E-state index contributed by atoms with van der Waals surface area (Å²) < 4.78 is 22.8. The van der Waals surface area contributed by atoms with Gasteiger partial charge in [-0.15, -0.1) is 0 Å². The molecule has 8 heteroatoms. The number of fused-ring (bicyclic) bond motifs is 1. The Morgan fingerprint density at radius 1 is 0.872 bits per heavy atom. The molecule has 2 heterocycles. The van der Waals surface area contributed by atoms with Crippen molar-refractivity contribution in [3.8, 4) is 23.0 Å². The van der Waals surface area contributed by atoms with Gasteiger partial charge in [0.25, 0.3) is 5.91 Å². The van der Waals surface area contributed by atoms with Crippen molar-refractivity contribution in [2.24, 2.45) is 0 Å². The first-order chi connectivity index (χ1) is 19.1. The molecule has 0 bridgehead atoms. The second kappa shape index (κ2) is 12.1. The lowest BCUT2D eigenvalue weighted by Gasteiger charge is -2.28. The second-order valence-electron chi connectivity index (χ2n) is 9.11. The highest BCUT2D eigenvalue weighted by Crippen LogP contribution is 2.39. The minimum absolute atomic E-state index is 0.174. The fraction of sp³-hybridized carbons (Fsp3) is 0.226. The molecule has 0 unspecified atom stereocenters. The summed E-state index contributed by atoms with van der Waals surface area (Å²) in [4.78, 5) is 19.8. The molecular formula is C31H29ClN2O5. The van der Waals surface area contributed by atoms with E-state index >= 15 is 0 Å². The number of halogens is 1. The Labute approximate surface area is 232 Å². The van der Waals surface area contributed by atoms with Crippen molar-refractivity contribution in [3.05, 3.63) is 112 Å². The molecule has 39 heavy (non-hydrogen) atoms. The molecule has 0 aliphatic carbocycles. The Morgan fingerprint density at radius 3 is 2.15 bits per heavy atom. The third-order valence-electron chi connectivity index (χ3n) is 6.65. The van der Waals surface area contributed by atoms with Crippen LogP contribution in [0.5, 0.6) is 23.0 Å². The Balaban J connectivity index is 1.39. The quantitative estimate of drug-likeness (QED) is 0.253. The van der Waals surface area contributed by atoms with Crippen LogP contribution < -0.4 is 18.9 Å². The number of hydrogen-bond acceptors (Lipinski definition) is 6. The minimum atomic E-state index is -0.174. The van der Waals surface area contributed by atoms with E-state index in [-0.39, 0.29) is 17.5 Å². The van der Waals surface area contributed by atoms with Crippen LogP contribution in [0.4, 0.5) is 0 Å². The summed E-state index contributed by atoms with van der Waals surface area (Å²) in [6, 6.07) is 22.6. The van der Waals surface area contributed by atoms with Crippen molar-refractivity contribution < 1.29 is 23.7 Å². The van der Waals surface area contributed by atoms with Gasteiger partial charge in [-0.1, -0.05) is 41.9 Å². The maximum atomic E-state index is 13.6. The Bertz CT molecular complexity index is 1440. The van der Waals surface area contributed by atoms with Gasteiger partial charge in [-0.2, -0.15) is 0 Å². The number of aromatic nitrogens is 1. The topological polar surface area (TPSA) is 70.1 Å². The van der Waals surface area contributed by atoms with Gasteiger partial charge in [0.1, 0.15) is 24.7 Å². The predicted octanol–water partition coefficient (Wildman–Crippen LogP) is 6.11. The number of amides is 1. The Morgan fingerprint density at radius 2 is 1.51 bits per heavy atom. The third-order valence-corrected chi connectivity index (χ3v) is 7.03. The Hall–Kier alpha value is -4.23. The molecule has 1 aliphatic rings. The fourth-order valence-electron chi connectivity index (χ4n) is 4.41. The van der Waals surface area contributed by atoms with Gasteiger partial charge in [0.05, 0.1) is 37.0 Å². The van der Waals surface area contributed by atoms with E-state index < -0.39 is 0 Å². The molecule has 3 aromatic carbocycles. The molecule has 5 rings (SSSR count). The number of rotatable bonds is 9. The van der Waals surface area contributed by atoms with Gasteiger partial charge in [0, 0.05) is 12.7 Å². The monoisotopic (exact) mass is 544 g/mol. The van der Waals surface area contributed by atoms with E-state index in [0.717, 1.165) is 34.7 Å². The van der Waals surface area contributed by atoms with Crippen LogP contribution in [0.15, 0.2) is 79.0 Å². The van der Waals surface area contributed by atoms with E-state index in [0.29, 0.717) is 36.8 Å². The number of nitrogens with zero attached hydrogens (tertiary/aromatic N) is 2. The highest BCUT2D eigenvalue weighted by Gasteiger charge is 2.26. The smallest absolute Gasteiger partial charge is 0.255 e. The van der Waals surface area contributed by atoms with Crippen molar-refractivity contribution >= 4 is 17.5 Å². The lowest BCUT2D eigenvalue weighted by Crippen LogP contribution is -2.36. The first kappa shape index (κ1) is 26.4. The highest BCUT2D eigenvalue weighted by atomic mass is 35.5. The number of hydrogen-bond donors (Lipinski definition) is 0. The zero-order valence-corrected chi connectivity index (χ0v) is 22.6. The Kier molecular flexibility index (Phi) is 8.18. The maximum Gasteiger partial charge on any atom is 0.255 e. The summed E-state index contributed by atoms with van der Waals surface area (Å²) in [6.07, 6.45) is 2.50. The molecule has 1 amide bonds. The largest absolute Gasteiger partial charge is 0.497 e.